The van der Waals surface area contributed by atoms with Gasteiger partial charge in [-0.25, -0.2) is 4.39 Å². The average Bonchev–Trinajstić information content (AvgIpc) is 3.21. The topological polar surface area (TPSA) is 72.7 Å². The number of halogens is 1. The van der Waals surface area contributed by atoms with Gasteiger partial charge >= 0.3 is 5.97 Å². The Morgan fingerprint density at radius 1 is 1.48 bits per heavy atom. The Balaban J connectivity index is 2.09. The zero-order valence-electron chi connectivity index (χ0n) is 11.8. The van der Waals surface area contributed by atoms with Crippen molar-refractivity contribution >= 4 is 11.7 Å². The summed E-state index contributed by atoms with van der Waals surface area (Å²) in [6.07, 6.45) is 1.94. The van der Waals surface area contributed by atoms with Crippen molar-refractivity contribution < 1.29 is 18.8 Å². The van der Waals surface area contributed by atoms with Gasteiger partial charge in [0.15, 0.2) is 0 Å². The Bertz CT molecular complexity index is 546. The highest BCUT2D eigenvalue weighted by atomic mass is 19.1. The monoisotopic (exact) mass is 296 g/mol. The SMILES string of the molecule is CCOC(=O)CN(Cc1cc(F)cc([N+](=O)[O-])c1)C1CC1. The Labute approximate surface area is 121 Å². The zero-order valence-corrected chi connectivity index (χ0v) is 11.8. The summed E-state index contributed by atoms with van der Waals surface area (Å²) in [7, 11) is 0. The van der Waals surface area contributed by atoms with Gasteiger partial charge in [0, 0.05) is 18.7 Å². The summed E-state index contributed by atoms with van der Waals surface area (Å²) in [5.74, 6) is -0.985. The van der Waals surface area contributed by atoms with Crippen molar-refractivity contribution in [2.24, 2.45) is 0 Å². The lowest BCUT2D eigenvalue weighted by Crippen LogP contribution is -2.32. The molecule has 2 rings (SSSR count). The minimum Gasteiger partial charge on any atom is -0.465 e. The normalized spacial score (nSPS) is 14.2. The first kappa shape index (κ1) is 15.4. The number of esters is 1. The van der Waals surface area contributed by atoms with Gasteiger partial charge in [-0.05, 0) is 31.4 Å². The third kappa shape index (κ3) is 4.49. The number of carbonyl (C=O) groups is 1. The van der Waals surface area contributed by atoms with Crippen molar-refractivity contribution in [1.82, 2.24) is 4.90 Å². The van der Waals surface area contributed by atoms with E-state index in [0.29, 0.717) is 18.7 Å². The molecule has 1 aliphatic carbocycles. The van der Waals surface area contributed by atoms with E-state index in [9.17, 15) is 19.3 Å². The molecule has 0 aromatic heterocycles. The summed E-state index contributed by atoms with van der Waals surface area (Å²) >= 11 is 0. The number of ether oxygens (including phenoxy) is 1. The number of nitro benzene ring substituents is 1. The Morgan fingerprint density at radius 2 is 2.19 bits per heavy atom. The number of nitro groups is 1. The summed E-state index contributed by atoms with van der Waals surface area (Å²) in [6, 6.07) is 3.74. The molecule has 0 spiro atoms. The average molecular weight is 296 g/mol. The second-order valence-corrected chi connectivity index (χ2v) is 5.02. The minimum atomic E-state index is -0.647. The Hall–Kier alpha value is -2.02. The van der Waals surface area contributed by atoms with Crippen LogP contribution in [-0.2, 0) is 16.1 Å². The molecule has 0 heterocycles. The molecule has 0 saturated heterocycles. The number of carbonyl (C=O) groups excluding carboxylic acids is 1. The van der Waals surface area contributed by atoms with Crippen LogP contribution in [0.5, 0.6) is 0 Å². The molecule has 1 saturated carbocycles. The van der Waals surface area contributed by atoms with Crippen LogP contribution in [0.3, 0.4) is 0 Å². The van der Waals surface area contributed by atoms with Crippen LogP contribution in [0.2, 0.25) is 0 Å². The van der Waals surface area contributed by atoms with Crippen LogP contribution in [0.25, 0.3) is 0 Å². The van der Waals surface area contributed by atoms with Crippen LogP contribution in [0, 0.1) is 15.9 Å². The molecule has 1 aromatic carbocycles. The summed E-state index contributed by atoms with van der Waals surface area (Å²) in [5, 5.41) is 10.8. The molecular formula is C14H17FN2O4. The first-order valence-electron chi connectivity index (χ1n) is 6.83. The maximum absolute atomic E-state index is 13.4. The van der Waals surface area contributed by atoms with E-state index >= 15 is 0 Å². The third-order valence-electron chi connectivity index (χ3n) is 3.24. The van der Waals surface area contributed by atoms with Gasteiger partial charge in [-0.15, -0.1) is 0 Å². The number of hydrogen-bond donors (Lipinski definition) is 0. The molecule has 6 nitrogen and oxygen atoms in total. The van der Waals surface area contributed by atoms with Crippen molar-refractivity contribution in [2.75, 3.05) is 13.2 Å². The van der Waals surface area contributed by atoms with Crippen molar-refractivity contribution in [1.29, 1.82) is 0 Å². The van der Waals surface area contributed by atoms with Gasteiger partial charge in [-0.1, -0.05) is 0 Å². The maximum Gasteiger partial charge on any atom is 0.320 e. The van der Waals surface area contributed by atoms with Crippen LogP contribution < -0.4 is 0 Å². The van der Waals surface area contributed by atoms with E-state index in [-0.39, 0.29) is 24.2 Å². The minimum absolute atomic E-state index is 0.114. The molecule has 0 atom stereocenters. The van der Waals surface area contributed by atoms with Crippen LogP contribution in [0.4, 0.5) is 10.1 Å². The third-order valence-corrected chi connectivity index (χ3v) is 3.24. The second kappa shape index (κ2) is 6.62. The van der Waals surface area contributed by atoms with Gasteiger partial charge in [-0.3, -0.25) is 19.8 Å². The van der Waals surface area contributed by atoms with Gasteiger partial charge in [0.2, 0.25) is 0 Å². The lowest BCUT2D eigenvalue weighted by molar-refractivity contribution is -0.385. The van der Waals surface area contributed by atoms with Crippen LogP contribution >= 0.6 is 0 Å². The van der Waals surface area contributed by atoms with Crippen molar-refractivity contribution in [2.45, 2.75) is 32.4 Å². The van der Waals surface area contributed by atoms with Crippen molar-refractivity contribution in [3.05, 3.63) is 39.7 Å². The Kier molecular flexibility index (Phi) is 4.85. The van der Waals surface area contributed by atoms with Gasteiger partial charge in [-0.2, -0.15) is 0 Å². The molecule has 21 heavy (non-hydrogen) atoms. The smallest absolute Gasteiger partial charge is 0.320 e. The number of rotatable bonds is 7. The van der Waals surface area contributed by atoms with Crippen molar-refractivity contribution in [3.63, 3.8) is 0 Å². The van der Waals surface area contributed by atoms with E-state index in [0.717, 1.165) is 18.9 Å². The van der Waals surface area contributed by atoms with E-state index < -0.39 is 10.7 Å². The van der Waals surface area contributed by atoms with E-state index in [2.05, 4.69) is 0 Å². The van der Waals surface area contributed by atoms with Gasteiger partial charge < -0.3 is 4.74 Å². The maximum atomic E-state index is 13.4. The predicted molar refractivity (Wildman–Crippen MR) is 73.1 cm³/mol. The van der Waals surface area contributed by atoms with Gasteiger partial charge in [0.1, 0.15) is 5.82 Å². The zero-order chi connectivity index (χ0) is 15.4. The molecule has 0 unspecified atom stereocenters. The summed E-state index contributed by atoms with van der Waals surface area (Å²) in [5.41, 5.74) is 0.204. The fourth-order valence-electron chi connectivity index (χ4n) is 2.19. The largest absolute Gasteiger partial charge is 0.465 e. The molecule has 0 amide bonds. The quantitative estimate of drug-likeness (QED) is 0.438. The standard InChI is InChI=1S/C14H17FN2O4/c1-2-21-14(18)9-16(12-3-4-12)8-10-5-11(15)7-13(6-10)17(19)20/h5-7,12H,2-4,8-9H2,1H3. The van der Waals surface area contributed by atoms with Crippen molar-refractivity contribution in [3.8, 4) is 0 Å². The van der Waals surface area contributed by atoms with Gasteiger partial charge in [0.05, 0.1) is 24.1 Å². The second-order valence-electron chi connectivity index (χ2n) is 5.02. The lowest BCUT2D eigenvalue weighted by atomic mass is 10.1. The van der Waals surface area contributed by atoms with Crippen LogP contribution in [0.1, 0.15) is 25.3 Å². The van der Waals surface area contributed by atoms with Crippen LogP contribution in [-0.4, -0.2) is 35.0 Å². The highest BCUT2D eigenvalue weighted by Crippen LogP contribution is 2.29. The van der Waals surface area contributed by atoms with E-state index in [4.69, 9.17) is 4.74 Å². The highest BCUT2D eigenvalue weighted by molar-refractivity contribution is 5.71. The van der Waals surface area contributed by atoms with E-state index in [1.165, 1.54) is 12.1 Å². The number of benzene rings is 1. The van der Waals surface area contributed by atoms with E-state index in [1.807, 2.05) is 4.90 Å². The van der Waals surface area contributed by atoms with Gasteiger partial charge in [0.25, 0.3) is 5.69 Å². The molecule has 114 valence electrons. The molecule has 1 aliphatic rings. The molecule has 0 aliphatic heterocycles. The number of nitrogens with zero attached hydrogens (tertiary/aromatic N) is 2. The summed E-state index contributed by atoms with van der Waals surface area (Å²) in [4.78, 5) is 23.6. The van der Waals surface area contributed by atoms with Crippen LogP contribution in [0.15, 0.2) is 18.2 Å². The lowest BCUT2D eigenvalue weighted by Gasteiger charge is -2.20. The molecule has 7 heteroatoms. The molecule has 0 bridgehead atoms. The molecule has 1 aromatic rings. The molecule has 0 N–H and O–H groups in total. The molecule has 0 radical (unpaired) electrons. The fourth-order valence-corrected chi connectivity index (χ4v) is 2.19. The summed E-state index contributed by atoms with van der Waals surface area (Å²) in [6.45, 7) is 2.45. The highest BCUT2D eigenvalue weighted by Gasteiger charge is 2.31. The molecule has 1 fully saturated rings. The number of non-ortho nitro benzene ring substituents is 1. The first-order chi connectivity index (χ1) is 9.99. The molecular weight excluding hydrogens is 279 g/mol. The fraction of sp³-hybridized carbons (Fsp3) is 0.500. The summed E-state index contributed by atoms with van der Waals surface area (Å²) < 4.78 is 18.3. The Morgan fingerprint density at radius 3 is 2.76 bits per heavy atom. The number of hydrogen-bond acceptors (Lipinski definition) is 5. The van der Waals surface area contributed by atoms with E-state index in [1.54, 1.807) is 6.92 Å². The predicted octanol–water partition coefficient (Wildman–Crippen LogP) is 2.26. The first-order valence-corrected chi connectivity index (χ1v) is 6.83.